The van der Waals surface area contributed by atoms with Crippen molar-refractivity contribution in [2.45, 2.75) is 32.2 Å². The molecule has 0 bridgehead atoms. The Morgan fingerprint density at radius 3 is 2.24 bits per heavy atom. The topological polar surface area (TPSA) is 64.0 Å². The predicted molar refractivity (Wildman–Crippen MR) is 98.2 cm³/mol. The summed E-state index contributed by atoms with van der Waals surface area (Å²) in [4.78, 5) is 0.367. The highest BCUT2D eigenvalue weighted by molar-refractivity contribution is 7.89. The van der Waals surface area contributed by atoms with Crippen LogP contribution in [-0.2, 0) is 16.6 Å². The Hall–Kier alpha value is -2.44. The molecule has 0 spiro atoms. The first-order valence-corrected chi connectivity index (χ1v) is 9.51. The molecule has 0 radical (unpaired) electrons. The third-order valence-electron chi connectivity index (χ3n) is 4.04. The van der Waals surface area contributed by atoms with Crippen LogP contribution in [0, 0.1) is 20.8 Å². The van der Waals surface area contributed by atoms with Gasteiger partial charge in [0.15, 0.2) is 0 Å². The molecule has 6 heteroatoms. The molecule has 0 aliphatic carbocycles. The van der Waals surface area contributed by atoms with Crippen molar-refractivity contribution in [3.8, 4) is 5.69 Å². The minimum Gasteiger partial charge on any atom is -0.241 e. The van der Waals surface area contributed by atoms with Gasteiger partial charge in [-0.05, 0) is 55.7 Å². The van der Waals surface area contributed by atoms with E-state index in [2.05, 4.69) is 9.82 Å². The van der Waals surface area contributed by atoms with Crippen LogP contribution in [0.4, 0.5) is 0 Å². The van der Waals surface area contributed by atoms with E-state index in [1.54, 1.807) is 10.9 Å². The third kappa shape index (κ3) is 3.81. The first-order valence-electron chi connectivity index (χ1n) is 8.03. The average Bonchev–Trinajstić information content (AvgIpc) is 3.06. The van der Waals surface area contributed by atoms with Crippen molar-refractivity contribution in [1.29, 1.82) is 0 Å². The summed E-state index contributed by atoms with van der Waals surface area (Å²) in [5.41, 5.74) is 4.41. The SMILES string of the molecule is Cc1cc(C)c(S(=O)(=O)NCc2ccc(-n3cccn3)cc2)c(C)c1. The third-order valence-corrected chi connectivity index (χ3v) is 5.75. The highest BCUT2D eigenvalue weighted by Gasteiger charge is 2.19. The molecule has 0 aliphatic rings. The molecular formula is C19H21N3O2S. The lowest BCUT2D eigenvalue weighted by Crippen LogP contribution is -2.25. The molecule has 1 aromatic heterocycles. The van der Waals surface area contributed by atoms with Crippen molar-refractivity contribution in [1.82, 2.24) is 14.5 Å². The second-order valence-corrected chi connectivity index (χ2v) is 7.87. The Morgan fingerprint density at radius 1 is 1.04 bits per heavy atom. The Labute approximate surface area is 148 Å². The molecule has 0 fully saturated rings. The molecule has 0 saturated carbocycles. The van der Waals surface area contributed by atoms with Gasteiger partial charge in [0.25, 0.3) is 0 Å². The summed E-state index contributed by atoms with van der Waals surface area (Å²) in [7, 11) is -3.56. The molecule has 5 nitrogen and oxygen atoms in total. The Balaban J connectivity index is 1.77. The highest BCUT2D eigenvalue weighted by Crippen LogP contribution is 2.22. The smallest absolute Gasteiger partial charge is 0.241 e. The van der Waals surface area contributed by atoms with E-state index in [0.29, 0.717) is 4.90 Å². The van der Waals surface area contributed by atoms with E-state index in [1.807, 2.05) is 69.4 Å². The molecule has 0 saturated heterocycles. The Kier molecular flexibility index (Phi) is 4.74. The van der Waals surface area contributed by atoms with E-state index in [9.17, 15) is 8.42 Å². The fourth-order valence-electron chi connectivity index (χ4n) is 3.03. The van der Waals surface area contributed by atoms with E-state index in [0.717, 1.165) is 27.9 Å². The van der Waals surface area contributed by atoms with Crippen molar-refractivity contribution < 1.29 is 8.42 Å². The van der Waals surface area contributed by atoms with E-state index in [1.165, 1.54) is 0 Å². The summed E-state index contributed by atoms with van der Waals surface area (Å²) in [6.45, 7) is 5.86. The normalized spacial score (nSPS) is 11.6. The number of aromatic nitrogens is 2. The number of aryl methyl sites for hydroxylation is 3. The summed E-state index contributed by atoms with van der Waals surface area (Å²) in [6, 6.07) is 13.3. The van der Waals surface area contributed by atoms with Gasteiger partial charge in [-0.25, -0.2) is 17.8 Å². The van der Waals surface area contributed by atoms with Crippen LogP contribution in [0.2, 0.25) is 0 Å². The first kappa shape index (κ1) is 17.4. The van der Waals surface area contributed by atoms with Crippen LogP contribution in [0.3, 0.4) is 0 Å². The fraction of sp³-hybridized carbons (Fsp3) is 0.211. The maximum absolute atomic E-state index is 12.7. The lowest BCUT2D eigenvalue weighted by Gasteiger charge is -2.13. The number of hydrogen-bond acceptors (Lipinski definition) is 3. The predicted octanol–water partition coefficient (Wildman–Crippen LogP) is 3.28. The van der Waals surface area contributed by atoms with Crippen molar-refractivity contribution in [3.63, 3.8) is 0 Å². The monoisotopic (exact) mass is 355 g/mol. The van der Waals surface area contributed by atoms with Gasteiger partial charge in [0, 0.05) is 18.9 Å². The van der Waals surface area contributed by atoms with Crippen molar-refractivity contribution in [2.75, 3.05) is 0 Å². The molecule has 0 aliphatic heterocycles. The molecule has 0 amide bonds. The number of sulfonamides is 1. The number of benzene rings is 2. The second-order valence-electron chi connectivity index (χ2n) is 6.17. The quantitative estimate of drug-likeness (QED) is 0.764. The lowest BCUT2D eigenvalue weighted by atomic mass is 10.1. The molecule has 3 rings (SSSR count). The van der Waals surface area contributed by atoms with Crippen LogP contribution in [0.5, 0.6) is 0 Å². The molecule has 2 aromatic carbocycles. The van der Waals surface area contributed by atoms with E-state index in [4.69, 9.17) is 0 Å². The standard InChI is InChI=1S/C19H21N3O2S/c1-14-11-15(2)19(16(3)12-14)25(23,24)21-13-17-5-7-18(8-6-17)22-10-4-9-20-22/h4-12,21H,13H2,1-3H3. The van der Waals surface area contributed by atoms with Crippen molar-refractivity contribution in [3.05, 3.63) is 77.1 Å². The molecule has 130 valence electrons. The van der Waals surface area contributed by atoms with Gasteiger partial charge in [-0.2, -0.15) is 5.10 Å². The average molecular weight is 355 g/mol. The second kappa shape index (κ2) is 6.82. The van der Waals surface area contributed by atoms with Gasteiger partial charge in [-0.1, -0.05) is 29.8 Å². The van der Waals surface area contributed by atoms with Gasteiger partial charge in [0.2, 0.25) is 10.0 Å². The first-order chi connectivity index (χ1) is 11.9. The Morgan fingerprint density at radius 2 is 1.68 bits per heavy atom. The molecular weight excluding hydrogens is 334 g/mol. The number of rotatable bonds is 5. The van der Waals surface area contributed by atoms with E-state index >= 15 is 0 Å². The molecule has 25 heavy (non-hydrogen) atoms. The maximum atomic E-state index is 12.7. The van der Waals surface area contributed by atoms with Gasteiger partial charge in [-0.15, -0.1) is 0 Å². The fourth-order valence-corrected chi connectivity index (χ4v) is 4.50. The maximum Gasteiger partial charge on any atom is 0.241 e. The van der Waals surface area contributed by atoms with Crippen LogP contribution in [0.25, 0.3) is 5.69 Å². The number of hydrogen-bond donors (Lipinski definition) is 1. The zero-order chi connectivity index (χ0) is 18.0. The van der Waals surface area contributed by atoms with Gasteiger partial charge in [0.1, 0.15) is 0 Å². The molecule has 1 N–H and O–H groups in total. The number of nitrogens with one attached hydrogen (secondary N) is 1. The van der Waals surface area contributed by atoms with Gasteiger partial charge >= 0.3 is 0 Å². The molecule has 1 heterocycles. The molecule has 3 aromatic rings. The summed E-state index contributed by atoms with van der Waals surface area (Å²) >= 11 is 0. The van der Waals surface area contributed by atoms with Gasteiger partial charge in [0.05, 0.1) is 10.6 Å². The van der Waals surface area contributed by atoms with Gasteiger partial charge in [-0.3, -0.25) is 0 Å². The lowest BCUT2D eigenvalue weighted by molar-refractivity contribution is 0.580. The van der Waals surface area contributed by atoms with E-state index < -0.39 is 10.0 Å². The summed E-state index contributed by atoms with van der Waals surface area (Å²) in [6.07, 6.45) is 3.58. The Bertz CT molecular complexity index is 953. The van der Waals surface area contributed by atoms with Crippen LogP contribution in [0.15, 0.2) is 59.8 Å². The van der Waals surface area contributed by atoms with Crippen LogP contribution >= 0.6 is 0 Å². The summed E-state index contributed by atoms with van der Waals surface area (Å²) in [5.74, 6) is 0. The summed E-state index contributed by atoms with van der Waals surface area (Å²) < 4.78 is 29.8. The molecule has 0 unspecified atom stereocenters. The van der Waals surface area contributed by atoms with Crippen LogP contribution in [-0.4, -0.2) is 18.2 Å². The van der Waals surface area contributed by atoms with Gasteiger partial charge < -0.3 is 0 Å². The largest absolute Gasteiger partial charge is 0.241 e. The number of nitrogens with zero attached hydrogens (tertiary/aromatic N) is 2. The van der Waals surface area contributed by atoms with Crippen LogP contribution < -0.4 is 4.72 Å². The van der Waals surface area contributed by atoms with Crippen molar-refractivity contribution in [2.24, 2.45) is 0 Å². The van der Waals surface area contributed by atoms with Crippen molar-refractivity contribution >= 4 is 10.0 Å². The summed E-state index contributed by atoms with van der Waals surface area (Å²) in [5, 5.41) is 4.17. The van der Waals surface area contributed by atoms with Crippen LogP contribution in [0.1, 0.15) is 22.3 Å². The minimum atomic E-state index is -3.56. The minimum absolute atomic E-state index is 0.245. The zero-order valence-electron chi connectivity index (χ0n) is 14.5. The van der Waals surface area contributed by atoms with E-state index in [-0.39, 0.29) is 6.54 Å². The molecule has 0 atom stereocenters. The highest BCUT2D eigenvalue weighted by atomic mass is 32.2. The zero-order valence-corrected chi connectivity index (χ0v) is 15.3.